The molecule has 1 heterocycles. The molecule has 5 aliphatic rings. The van der Waals surface area contributed by atoms with Crippen molar-refractivity contribution in [3.8, 4) is 5.75 Å². The molecule has 0 saturated heterocycles. The van der Waals surface area contributed by atoms with Crippen LogP contribution < -0.4 is 4.74 Å². The molecule has 0 N–H and O–H groups in total. The van der Waals surface area contributed by atoms with Crippen LogP contribution in [0.15, 0.2) is 48.8 Å². The molecule has 1 aromatic heterocycles. The Morgan fingerprint density at radius 2 is 1.48 bits per heavy atom. The summed E-state index contributed by atoms with van der Waals surface area (Å²) in [5, 5.41) is 0. The average Bonchev–Trinajstić information content (AvgIpc) is 3.19. The second-order valence-electron chi connectivity index (χ2n) is 7.20. The smallest absolute Gasteiger partial charge is 0.118 e. The maximum Gasteiger partial charge on any atom is 0.118 e. The van der Waals surface area contributed by atoms with E-state index in [2.05, 4.69) is 41.4 Å². The van der Waals surface area contributed by atoms with Crippen LogP contribution in [0.25, 0.3) is 0 Å². The van der Waals surface area contributed by atoms with E-state index in [1.54, 1.807) is 18.2 Å². The minimum atomic E-state index is 0.454. The molecule has 0 spiro atoms. The molecule has 7 rings (SSSR count). The van der Waals surface area contributed by atoms with Crippen LogP contribution in [0.5, 0.6) is 5.75 Å². The van der Waals surface area contributed by atoms with Gasteiger partial charge in [0.25, 0.3) is 0 Å². The van der Waals surface area contributed by atoms with Gasteiger partial charge in [0.1, 0.15) is 5.75 Å². The Balaban J connectivity index is 1.51. The molecule has 2 aromatic rings. The van der Waals surface area contributed by atoms with E-state index in [0.29, 0.717) is 10.8 Å². The average molecular weight is 275 g/mol. The molecule has 0 aliphatic heterocycles. The van der Waals surface area contributed by atoms with Crippen molar-refractivity contribution in [3.05, 3.63) is 59.9 Å². The largest absolute Gasteiger partial charge is 0.497 e. The summed E-state index contributed by atoms with van der Waals surface area (Å²) in [6.45, 7) is 0. The number of aromatic nitrogens is 1. The summed E-state index contributed by atoms with van der Waals surface area (Å²) >= 11 is 0. The lowest BCUT2D eigenvalue weighted by molar-refractivity contribution is 0.310. The summed E-state index contributed by atoms with van der Waals surface area (Å²) in [5.41, 5.74) is 4.00. The van der Waals surface area contributed by atoms with Gasteiger partial charge in [0.2, 0.25) is 0 Å². The zero-order chi connectivity index (χ0) is 13.8. The molecule has 5 aliphatic carbocycles. The van der Waals surface area contributed by atoms with Gasteiger partial charge in [-0.15, -0.1) is 0 Å². The lowest BCUT2D eigenvalue weighted by Crippen LogP contribution is -2.39. The summed E-state index contributed by atoms with van der Waals surface area (Å²) in [6, 6.07) is 13.4. The van der Waals surface area contributed by atoms with Crippen LogP contribution in [0.2, 0.25) is 0 Å². The monoisotopic (exact) mass is 275 g/mol. The zero-order valence-electron chi connectivity index (χ0n) is 12.0. The molecule has 5 saturated carbocycles. The second kappa shape index (κ2) is 3.01. The van der Waals surface area contributed by atoms with Gasteiger partial charge in [-0.25, -0.2) is 0 Å². The normalized spacial score (nSPS) is 46.5. The molecule has 2 bridgehead atoms. The third-order valence-corrected chi connectivity index (χ3v) is 7.18. The van der Waals surface area contributed by atoms with Gasteiger partial charge in [-0.2, -0.15) is 0 Å². The first-order chi connectivity index (χ1) is 10.4. The van der Waals surface area contributed by atoms with Crippen molar-refractivity contribution >= 4 is 0 Å². The first kappa shape index (κ1) is 10.8. The summed E-state index contributed by atoms with van der Waals surface area (Å²) in [6.07, 6.45) is 5.38. The minimum absolute atomic E-state index is 0.454. The van der Waals surface area contributed by atoms with Crippen molar-refractivity contribution in [1.29, 1.82) is 0 Å². The lowest BCUT2D eigenvalue weighted by atomic mass is 9.65. The van der Waals surface area contributed by atoms with Crippen LogP contribution in [0.4, 0.5) is 0 Å². The SMILES string of the molecule is COc1ccc(C23C4CC5C(C42)C53c2ccncc2)cc1. The van der Waals surface area contributed by atoms with Gasteiger partial charge in [0.05, 0.1) is 7.11 Å². The van der Waals surface area contributed by atoms with Crippen molar-refractivity contribution in [1.82, 2.24) is 4.98 Å². The van der Waals surface area contributed by atoms with Crippen molar-refractivity contribution in [2.45, 2.75) is 17.3 Å². The maximum absolute atomic E-state index is 5.32. The molecular formula is C19H17NO. The first-order valence-electron chi connectivity index (χ1n) is 7.92. The molecule has 21 heavy (non-hydrogen) atoms. The van der Waals surface area contributed by atoms with E-state index in [-0.39, 0.29) is 0 Å². The van der Waals surface area contributed by atoms with Crippen LogP contribution in [-0.2, 0) is 10.8 Å². The molecular weight excluding hydrogens is 258 g/mol. The molecule has 104 valence electrons. The Labute approximate surface area is 124 Å². The number of ether oxygens (including phenoxy) is 1. The van der Waals surface area contributed by atoms with Gasteiger partial charge >= 0.3 is 0 Å². The number of methoxy groups -OCH3 is 1. The summed E-state index contributed by atoms with van der Waals surface area (Å²) in [4.78, 5) is 4.21. The van der Waals surface area contributed by atoms with Gasteiger partial charge in [0, 0.05) is 23.2 Å². The molecule has 2 nitrogen and oxygen atoms in total. The molecule has 1 aromatic carbocycles. The lowest BCUT2D eigenvalue weighted by Gasteiger charge is -2.37. The van der Waals surface area contributed by atoms with Crippen LogP contribution in [-0.4, -0.2) is 12.1 Å². The van der Waals surface area contributed by atoms with Gasteiger partial charge < -0.3 is 4.74 Å². The van der Waals surface area contributed by atoms with Gasteiger partial charge in [-0.05, 0) is 65.5 Å². The topological polar surface area (TPSA) is 22.1 Å². The van der Waals surface area contributed by atoms with Crippen molar-refractivity contribution < 1.29 is 4.74 Å². The fraction of sp³-hybridized carbons (Fsp3) is 0.421. The molecule has 2 heteroatoms. The third-order valence-electron chi connectivity index (χ3n) is 7.18. The van der Waals surface area contributed by atoms with Crippen LogP contribution in [0.1, 0.15) is 17.5 Å². The highest BCUT2D eigenvalue weighted by Gasteiger charge is 3.04. The Kier molecular flexibility index (Phi) is 1.55. The van der Waals surface area contributed by atoms with Crippen molar-refractivity contribution in [2.24, 2.45) is 23.7 Å². The predicted octanol–water partition coefficient (Wildman–Crippen LogP) is 3.18. The maximum atomic E-state index is 5.32. The second-order valence-corrected chi connectivity index (χ2v) is 7.20. The number of hydrogen-bond acceptors (Lipinski definition) is 2. The van der Waals surface area contributed by atoms with E-state index in [4.69, 9.17) is 4.74 Å². The highest BCUT2D eigenvalue weighted by atomic mass is 16.5. The van der Waals surface area contributed by atoms with E-state index in [9.17, 15) is 0 Å². The zero-order valence-corrected chi connectivity index (χ0v) is 12.0. The first-order valence-corrected chi connectivity index (χ1v) is 7.92. The van der Waals surface area contributed by atoms with Gasteiger partial charge in [-0.1, -0.05) is 12.1 Å². The Morgan fingerprint density at radius 1 is 0.905 bits per heavy atom. The van der Waals surface area contributed by atoms with Crippen LogP contribution in [0, 0.1) is 23.7 Å². The van der Waals surface area contributed by atoms with E-state index in [0.717, 1.165) is 29.4 Å². The summed E-state index contributed by atoms with van der Waals surface area (Å²) in [7, 11) is 1.74. The number of nitrogens with zero attached hydrogens (tertiary/aromatic N) is 1. The highest BCUT2D eigenvalue weighted by molar-refractivity contribution is 5.68. The van der Waals surface area contributed by atoms with Crippen LogP contribution >= 0.6 is 0 Å². The van der Waals surface area contributed by atoms with E-state index < -0.39 is 0 Å². The molecule has 0 radical (unpaired) electrons. The number of pyridine rings is 1. The molecule has 0 amide bonds. The van der Waals surface area contributed by atoms with Crippen LogP contribution in [0.3, 0.4) is 0 Å². The number of hydrogen-bond donors (Lipinski definition) is 0. The highest BCUT2D eigenvalue weighted by Crippen LogP contribution is 3.03. The quantitative estimate of drug-likeness (QED) is 0.858. The van der Waals surface area contributed by atoms with E-state index >= 15 is 0 Å². The Hall–Kier alpha value is -1.83. The Morgan fingerprint density at radius 3 is 2.00 bits per heavy atom. The third kappa shape index (κ3) is 0.841. The van der Waals surface area contributed by atoms with E-state index in [1.165, 1.54) is 6.42 Å². The number of benzene rings is 1. The molecule has 6 atom stereocenters. The Bertz CT molecular complexity index is 743. The fourth-order valence-corrected chi connectivity index (χ4v) is 6.84. The van der Waals surface area contributed by atoms with Crippen molar-refractivity contribution in [2.75, 3.05) is 7.11 Å². The van der Waals surface area contributed by atoms with Gasteiger partial charge in [-0.3, -0.25) is 4.98 Å². The fourth-order valence-electron chi connectivity index (χ4n) is 6.84. The van der Waals surface area contributed by atoms with E-state index in [1.807, 2.05) is 12.4 Å². The number of rotatable bonds is 3. The standard InChI is InChI=1S/C19H17NO/c1-21-13-4-2-11(3-5-13)18-14-10-15-17(16(14)18)19(15,18)12-6-8-20-9-7-12/h2-9,14-17H,10H2,1H3. The van der Waals surface area contributed by atoms with Gasteiger partial charge in [0.15, 0.2) is 0 Å². The summed E-state index contributed by atoms with van der Waals surface area (Å²) in [5.74, 6) is 4.77. The van der Waals surface area contributed by atoms with Crippen molar-refractivity contribution in [3.63, 3.8) is 0 Å². The summed E-state index contributed by atoms with van der Waals surface area (Å²) < 4.78 is 5.32. The molecule has 6 unspecified atom stereocenters. The predicted molar refractivity (Wildman–Crippen MR) is 79.2 cm³/mol. The minimum Gasteiger partial charge on any atom is -0.497 e. The molecule has 5 fully saturated rings.